The Bertz CT molecular complexity index is 3470. The molecule has 12 N–H and O–H groups in total. The van der Waals surface area contributed by atoms with E-state index in [0.29, 0.717) is 6.42 Å². The van der Waals surface area contributed by atoms with Crippen molar-refractivity contribution in [1.82, 2.24) is 46.2 Å². The van der Waals surface area contributed by atoms with Gasteiger partial charge in [-0.2, -0.15) is 0 Å². The molecular formula is C74H113N11O23. The molecule has 0 aromatic heterocycles. The Labute approximate surface area is 631 Å². The van der Waals surface area contributed by atoms with E-state index in [-0.39, 0.29) is 128 Å². The second kappa shape index (κ2) is 44.5. The fraction of sp³-hybridized carbons (Fsp3) is 0.568. The number of nitrogens with zero attached hydrogens (tertiary/aromatic N) is 4. The van der Waals surface area contributed by atoms with Gasteiger partial charge in [0.05, 0.1) is 40.0 Å². The van der Waals surface area contributed by atoms with Gasteiger partial charge in [-0.25, -0.2) is 38.4 Å². The zero-order valence-corrected chi connectivity index (χ0v) is 62.6. The minimum absolute atomic E-state index is 0. The summed E-state index contributed by atoms with van der Waals surface area (Å²) in [4.78, 5) is 169. The van der Waals surface area contributed by atoms with Gasteiger partial charge < -0.3 is 91.6 Å². The molecule has 4 fully saturated rings. The van der Waals surface area contributed by atoms with Crippen molar-refractivity contribution in [3.63, 3.8) is 0 Å². The van der Waals surface area contributed by atoms with Gasteiger partial charge in [-0.3, -0.25) is 38.6 Å². The molecule has 4 aliphatic heterocycles. The molecule has 7 rings (SSSR count). The van der Waals surface area contributed by atoms with Crippen molar-refractivity contribution in [1.29, 1.82) is 0 Å². The summed E-state index contributed by atoms with van der Waals surface area (Å²) in [7, 11) is 2.52. The van der Waals surface area contributed by atoms with E-state index in [0.717, 1.165) is 16.7 Å². The van der Waals surface area contributed by atoms with Gasteiger partial charge in [0, 0.05) is 69.6 Å². The van der Waals surface area contributed by atoms with Crippen LogP contribution in [-0.2, 0) is 95.6 Å². The summed E-state index contributed by atoms with van der Waals surface area (Å²) in [6.07, 6.45) is -0.975. The van der Waals surface area contributed by atoms with E-state index in [4.69, 9.17) is 55.2 Å². The molecule has 3 aromatic carbocycles. The van der Waals surface area contributed by atoms with Crippen LogP contribution in [0.5, 0.6) is 0 Å². The number of carbonyl (C=O) groups is 14. The van der Waals surface area contributed by atoms with Crippen molar-refractivity contribution < 1.29 is 111 Å². The predicted molar refractivity (Wildman–Crippen MR) is 395 cm³/mol. The molecule has 0 saturated carbocycles. The summed E-state index contributed by atoms with van der Waals surface area (Å²) in [5.74, 6) is -5.74. The number of benzene rings is 3. The second-order valence-corrected chi connectivity index (χ2v) is 28.9. The van der Waals surface area contributed by atoms with E-state index in [1.165, 1.54) is 33.8 Å². The van der Waals surface area contributed by atoms with Crippen LogP contribution in [0.1, 0.15) is 140 Å². The van der Waals surface area contributed by atoms with Gasteiger partial charge in [0.2, 0.25) is 29.5 Å². The Balaban J connectivity index is 0.000000693. The van der Waals surface area contributed by atoms with E-state index in [2.05, 4.69) is 26.6 Å². The minimum atomic E-state index is -1.10. The number of nitrogens with two attached hydrogens (primary N) is 2. The van der Waals surface area contributed by atoms with Crippen LogP contribution in [0, 0.1) is 0 Å². The summed E-state index contributed by atoms with van der Waals surface area (Å²) >= 11 is 0. The molecule has 9 amide bonds. The third kappa shape index (κ3) is 36.1. The maximum absolute atomic E-state index is 12.6. The molecule has 4 aliphatic rings. The molecule has 4 heterocycles. The standard InChI is InChI=1S/C21H29N3O6.C19H26N2O5.C15H19N3O4.C10H18N2O4.C7H13NO4.2CH4/c1-21(2,3)30-20(28)22-12-18(26)24-13-15(11-16(24)19(27)29-4)23-17(25)10-14-8-6-5-7-9-14;1-19(2,3)26-18(24)21-12-14(11-15(21)17(23)25-4)20-16(22)10-13-8-6-5-7-9-13;16-8-14(20)18-9-11(7-12(18)15(21)22)17-13(19)6-10-4-2-1-3-5-10;1-10(2,3)16-9(15)12-5-6(11)4-7(12)8(13)14;1-7(2,3)12-6(11)8-4-5(9)10;;/h5-9,15-16H,10-13H2,1-4H3,(H,22,28)(H,23,25);5-9,14-15H,10-12H2,1-4H3,(H,20,22);1-5,11-12H,6-9,16H2,(H,17,19)(H,21,22);6-7H,4-5,11H2,1-3H3,(H,13,14);4H2,1-3H3,(H,8,11)(H,9,10);2*1H4/t15-,16+;14-,15+;11-,12+;6-,7+;;;/m1111.../s1. The second-order valence-electron chi connectivity index (χ2n) is 28.9. The highest BCUT2D eigenvalue weighted by molar-refractivity contribution is 5.89. The molecule has 3 aromatic rings. The van der Waals surface area contributed by atoms with Crippen molar-refractivity contribution in [3.05, 3.63) is 108 Å². The van der Waals surface area contributed by atoms with Crippen LogP contribution in [-0.4, -0.2) is 249 Å². The fourth-order valence-corrected chi connectivity index (χ4v) is 10.8. The van der Waals surface area contributed by atoms with Gasteiger partial charge in [0.1, 0.15) is 59.7 Å². The highest BCUT2D eigenvalue weighted by atomic mass is 16.6. The first-order chi connectivity index (χ1) is 49.3. The molecule has 0 radical (unpaired) electrons. The quantitative estimate of drug-likeness (QED) is 0.0617. The number of aliphatic carboxylic acids is 3. The Morgan fingerprint density at radius 1 is 0.417 bits per heavy atom. The number of hydrogen-bond acceptors (Lipinski definition) is 22. The largest absolute Gasteiger partial charge is 0.480 e. The average molecular weight is 1520 g/mol. The van der Waals surface area contributed by atoms with Gasteiger partial charge >= 0.3 is 54.2 Å². The first-order valence-electron chi connectivity index (χ1n) is 34.1. The number of amides is 9. The van der Waals surface area contributed by atoms with Gasteiger partial charge in [-0.05, 0) is 106 Å². The average Bonchev–Trinajstić information content (AvgIpc) is 1.69. The smallest absolute Gasteiger partial charge is 0.411 e. The Kier molecular flexibility index (Phi) is 39.3. The van der Waals surface area contributed by atoms with Crippen LogP contribution in [0.2, 0.25) is 0 Å². The maximum atomic E-state index is 12.6. The number of hydrogen-bond donors (Lipinski definition) is 10. The Morgan fingerprint density at radius 3 is 1.03 bits per heavy atom. The number of alkyl carbamates (subject to hydrolysis) is 2. The number of esters is 2. The molecule has 0 aliphatic carbocycles. The fourth-order valence-electron chi connectivity index (χ4n) is 10.8. The molecule has 0 spiro atoms. The minimum Gasteiger partial charge on any atom is -0.480 e. The van der Waals surface area contributed by atoms with E-state index in [9.17, 15) is 67.1 Å². The van der Waals surface area contributed by atoms with Gasteiger partial charge in [0.25, 0.3) is 0 Å². The first kappa shape index (κ1) is 95.4. The van der Waals surface area contributed by atoms with E-state index >= 15 is 0 Å². The monoisotopic (exact) mass is 1520 g/mol. The van der Waals surface area contributed by atoms with Crippen LogP contribution >= 0.6 is 0 Å². The van der Waals surface area contributed by atoms with Crippen molar-refractivity contribution in [2.75, 3.05) is 60.0 Å². The number of rotatable bonds is 18. The Morgan fingerprint density at radius 2 is 0.713 bits per heavy atom. The lowest BCUT2D eigenvalue weighted by molar-refractivity contribution is -0.150. The maximum Gasteiger partial charge on any atom is 0.411 e. The summed E-state index contributed by atoms with van der Waals surface area (Å²) in [6, 6.07) is 23.1. The molecular weight excluding hydrogens is 1410 g/mol. The lowest BCUT2D eigenvalue weighted by Gasteiger charge is -2.27. The number of nitrogens with one attached hydrogen (secondary N) is 5. The third-order valence-electron chi connectivity index (χ3n) is 15.1. The molecule has 108 heavy (non-hydrogen) atoms. The third-order valence-corrected chi connectivity index (χ3v) is 15.1. The number of likely N-dealkylation sites (tertiary alicyclic amines) is 4. The van der Waals surface area contributed by atoms with Crippen molar-refractivity contribution in [3.8, 4) is 0 Å². The molecule has 0 bridgehead atoms. The highest BCUT2D eigenvalue weighted by Crippen LogP contribution is 2.25. The van der Waals surface area contributed by atoms with E-state index < -0.39 is 125 Å². The van der Waals surface area contributed by atoms with Crippen LogP contribution in [0.25, 0.3) is 0 Å². The van der Waals surface area contributed by atoms with Crippen molar-refractivity contribution in [2.45, 2.75) is 214 Å². The lowest BCUT2D eigenvalue weighted by atomic mass is 10.1. The molecule has 34 heteroatoms. The Hall–Kier alpha value is -10.6. The first-order valence-corrected chi connectivity index (χ1v) is 34.1. The normalized spacial score (nSPS) is 19.1. The molecule has 4 saturated heterocycles. The van der Waals surface area contributed by atoms with E-state index in [1.54, 1.807) is 83.1 Å². The molecule has 0 unspecified atom stereocenters. The molecule has 34 nitrogen and oxygen atoms in total. The number of carboxylic acids is 3. The van der Waals surface area contributed by atoms with Gasteiger partial charge in [0.15, 0.2) is 0 Å². The lowest BCUT2D eigenvalue weighted by Crippen LogP contribution is -2.47. The van der Waals surface area contributed by atoms with Crippen LogP contribution in [0.3, 0.4) is 0 Å². The summed E-state index contributed by atoms with van der Waals surface area (Å²) in [5.41, 5.74) is 11.0. The zero-order chi connectivity index (χ0) is 80.0. The molecule has 8 atom stereocenters. The van der Waals surface area contributed by atoms with Gasteiger partial charge in [-0.1, -0.05) is 106 Å². The zero-order valence-electron chi connectivity index (χ0n) is 62.6. The van der Waals surface area contributed by atoms with Crippen LogP contribution in [0.15, 0.2) is 91.0 Å². The van der Waals surface area contributed by atoms with Crippen LogP contribution < -0.4 is 38.1 Å². The summed E-state index contributed by atoms with van der Waals surface area (Å²) < 4.78 is 30.0. The summed E-state index contributed by atoms with van der Waals surface area (Å²) in [5, 5.41) is 39.3. The number of ether oxygens (including phenoxy) is 6. The number of methoxy groups -OCH3 is 2. The number of carbonyl (C=O) groups excluding carboxylic acids is 11. The SMILES string of the molecule is C.C.CC(C)(C)OC(=O)N1C[C@H](N)C[C@H]1C(=O)O.CC(C)(C)OC(=O)NCC(=O)O.COC(=O)[C@@H]1C[C@@H](NC(=O)Cc2ccccc2)CN1C(=O)CNC(=O)OC(C)(C)C.COC(=O)[C@@H]1C[C@@H](NC(=O)Cc2ccccc2)CN1C(=O)OC(C)(C)C.NCC(=O)N1C[C@H](NC(=O)Cc2ccccc2)C[C@H]1C(=O)O. The summed E-state index contributed by atoms with van der Waals surface area (Å²) in [6.45, 7) is 20.5. The van der Waals surface area contributed by atoms with Crippen LogP contribution in [0.4, 0.5) is 19.2 Å². The van der Waals surface area contributed by atoms with Crippen molar-refractivity contribution >= 4 is 83.8 Å². The topological polar surface area (TPSA) is 480 Å². The number of carboxylic acid groups (broad SMARTS) is 3. The highest BCUT2D eigenvalue weighted by Gasteiger charge is 2.45. The predicted octanol–water partition coefficient (Wildman–Crippen LogP) is 4.54. The molecule has 602 valence electrons. The van der Waals surface area contributed by atoms with Gasteiger partial charge in [-0.15, -0.1) is 0 Å². The van der Waals surface area contributed by atoms with Crippen molar-refractivity contribution in [2.24, 2.45) is 11.5 Å². The van der Waals surface area contributed by atoms with E-state index in [1.807, 2.05) is 91.0 Å².